The Morgan fingerprint density at radius 1 is 1.00 bits per heavy atom. The van der Waals surface area contributed by atoms with E-state index < -0.39 is 0 Å². The van der Waals surface area contributed by atoms with Gasteiger partial charge in [0.05, 0.1) is 6.61 Å². The van der Waals surface area contributed by atoms with Gasteiger partial charge in [-0.15, -0.1) is 0 Å². The quantitative estimate of drug-likeness (QED) is 0.620. The van der Waals surface area contributed by atoms with Crippen molar-refractivity contribution in [2.45, 2.75) is 58.8 Å². The first-order valence-corrected chi connectivity index (χ1v) is 11.7. The largest absolute Gasteiger partial charge is 0.493 e. The van der Waals surface area contributed by atoms with Gasteiger partial charge < -0.3 is 14.5 Å². The monoisotopic (exact) mass is 434 g/mol. The summed E-state index contributed by atoms with van der Waals surface area (Å²) in [6, 6.07) is 7.32. The van der Waals surface area contributed by atoms with Crippen LogP contribution in [0, 0.1) is 11.3 Å². The summed E-state index contributed by atoms with van der Waals surface area (Å²) in [4.78, 5) is 29.9. The van der Waals surface area contributed by atoms with Gasteiger partial charge in [-0.2, -0.15) is 0 Å². The van der Waals surface area contributed by atoms with Gasteiger partial charge >= 0.3 is 0 Å². The maximum Gasteiger partial charge on any atom is 0.223 e. The minimum atomic E-state index is -0.348. The molecule has 2 aliphatic heterocycles. The molecule has 0 radical (unpaired) electrons. The summed E-state index contributed by atoms with van der Waals surface area (Å²) < 4.78 is 6.13. The number of halogens is 1. The molecule has 3 rings (SSSR count). The van der Waals surface area contributed by atoms with E-state index in [-0.39, 0.29) is 17.2 Å². The topological polar surface area (TPSA) is 49.9 Å². The number of rotatable bonds is 7. The highest BCUT2D eigenvalue weighted by Gasteiger charge is 2.41. The summed E-state index contributed by atoms with van der Waals surface area (Å²) in [5.74, 6) is 1.46. The fourth-order valence-electron chi connectivity index (χ4n) is 4.56. The Morgan fingerprint density at radius 2 is 1.67 bits per heavy atom. The maximum absolute atomic E-state index is 13.1. The highest BCUT2D eigenvalue weighted by atomic mass is 35.5. The van der Waals surface area contributed by atoms with Crippen LogP contribution in [0.4, 0.5) is 0 Å². The van der Waals surface area contributed by atoms with Crippen molar-refractivity contribution in [1.29, 1.82) is 0 Å². The van der Waals surface area contributed by atoms with Crippen molar-refractivity contribution in [1.82, 2.24) is 9.80 Å². The lowest BCUT2D eigenvalue weighted by atomic mass is 9.77. The fraction of sp³-hybridized carbons (Fsp3) is 0.667. The molecule has 2 saturated heterocycles. The number of benzene rings is 1. The molecule has 30 heavy (non-hydrogen) atoms. The number of nitrogens with zero attached hydrogens (tertiary/aromatic N) is 2. The van der Waals surface area contributed by atoms with E-state index in [0.29, 0.717) is 36.9 Å². The minimum Gasteiger partial charge on any atom is -0.493 e. The van der Waals surface area contributed by atoms with E-state index in [1.54, 1.807) is 0 Å². The second-order valence-electron chi connectivity index (χ2n) is 9.38. The third-order valence-electron chi connectivity index (χ3n) is 6.19. The zero-order valence-corrected chi connectivity index (χ0v) is 19.1. The summed E-state index contributed by atoms with van der Waals surface area (Å²) in [6.45, 7) is 7.63. The summed E-state index contributed by atoms with van der Waals surface area (Å²) >= 11 is 5.99. The van der Waals surface area contributed by atoms with Crippen LogP contribution >= 0.6 is 11.6 Å². The second kappa shape index (κ2) is 10.5. The van der Waals surface area contributed by atoms with Gasteiger partial charge in [-0.05, 0) is 62.3 Å². The molecule has 1 atom stereocenters. The Bertz CT molecular complexity index is 716. The molecule has 166 valence electrons. The SMILES string of the molecule is CC(C)CC(=O)N1CCC[C@@](COc2ccc(Cl)cc2)(CC(=O)N2CCCCC2)C1. The van der Waals surface area contributed by atoms with E-state index in [1.807, 2.05) is 34.1 Å². The molecule has 6 heteroatoms. The number of carbonyl (C=O) groups excluding carboxylic acids is 2. The molecule has 2 aliphatic rings. The Kier molecular flexibility index (Phi) is 8.04. The molecule has 2 heterocycles. The molecule has 0 unspecified atom stereocenters. The van der Waals surface area contributed by atoms with E-state index in [9.17, 15) is 9.59 Å². The van der Waals surface area contributed by atoms with Crippen LogP contribution in [0.25, 0.3) is 0 Å². The fourth-order valence-corrected chi connectivity index (χ4v) is 4.68. The van der Waals surface area contributed by atoms with Crippen LogP contribution in [-0.4, -0.2) is 54.4 Å². The van der Waals surface area contributed by atoms with Crippen molar-refractivity contribution >= 4 is 23.4 Å². The molecule has 2 fully saturated rings. The third kappa shape index (κ3) is 6.37. The molecule has 0 saturated carbocycles. The summed E-state index contributed by atoms with van der Waals surface area (Å²) in [5, 5.41) is 0.667. The number of ether oxygens (including phenoxy) is 1. The van der Waals surface area contributed by atoms with Crippen LogP contribution in [0.2, 0.25) is 5.02 Å². The average molecular weight is 435 g/mol. The van der Waals surface area contributed by atoms with Gasteiger partial charge in [-0.25, -0.2) is 0 Å². The zero-order chi connectivity index (χ0) is 21.6. The highest BCUT2D eigenvalue weighted by Crippen LogP contribution is 2.36. The second-order valence-corrected chi connectivity index (χ2v) is 9.81. The van der Waals surface area contributed by atoms with Gasteiger partial charge in [0.2, 0.25) is 11.8 Å². The Hall–Kier alpha value is -1.75. The smallest absolute Gasteiger partial charge is 0.223 e. The normalized spacial score (nSPS) is 22.3. The summed E-state index contributed by atoms with van der Waals surface area (Å²) in [5.41, 5.74) is -0.348. The first kappa shape index (κ1) is 22.9. The van der Waals surface area contributed by atoms with Gasteiger partial charge in [0, 0.05) is 49.5 Å². The van der Waals surface area contributed by atoms with E-state index in [4.69, 9.17) is 16.3 Å². The Morgan fingerprint density at radius 3 is 2.33 bits per heavy atom. The molecule has 1 aromatic rings. The number of hydrogen-bond acceptors (Lipinski definition) is 3. The Balaban J connectivity index is 1.73. The summed E-state index contributed by atoms with van der Waals surface area (Å²) in [6.07, 6.45) is 6.15. The minimum absolute atomic E-state index is 0.186. The van der Waals surface area contributed by atoms with Gasteiger partial charge in [0.15, 0.2) is 0 Å². The molecular weight excluding hydrogens is 400 g/mol. The van der Waals surface area contributed by atoms with Crippen LogP contribution in [0.5, 0.6) is 5.75 Å². The van der Waals surface area contributed by atoms with E-state index in [2.05, 4.69) is 13.8 Å². The van der Waals surface area contributed by atoms with Crippen molar-refractivity contribution in [3.05, 3.63) is 29.3 Å². The van der Waals surface area contributed by atoms with Gasteiger partial charge in [-0.3, -0.25) is 9.59 Å². The Labute approximate surface area is 185 Å². The van der Waals surface area contributed by atoms with Crippen LogP contribution in [0.1, 0.15) is 58.8 Å². The van der Waals surface area contributed by atoms with Crippen LogP contribution in [-0.2, 0) is 9.59 Å². The van der Waals surface area contributed by atoms with Crippen molar-refractivity contribution in [3.63, 3.8) is 0 Å². The number of hydrogen-bond donors (Lipinski definition) is 0. The van der Waals surface area contributed by atoms with Crippen molar-refractivity contribution in [3.8, 4) is 5.75 Å². The molecule has 0 aromatic heterocycles. The lowest BCUT2D eigenvalue weighted by Crippen LogP contribution is -2.51. The molecule has 0 aliphatic carbocycles. The first-order valence-electron chi connectivity index (χ1n) is 11.3. The van der Waals surface area contributed by atoms with E-state index >= 15 is 0 Å². The predicted molar refractivity (Wildman–Crippen MR) is 120 cm³/mol. The van der Waals surface area contributed by atoms with Gasteiger partial charge in [0.25, 0.3) is 0 Å². The first-order chi connectivity index (χ1) is 14.4. The van der Waals surface area contributed by atoms with Crippen LogP contribution < -0.4 is 4.74 Å². The number of likely N-dealkylation sites (tertiary alicyclic amines) is 2. The summed E-state index contributed by atoms with van der Waals surface area (Å²) in [7, 11) is 0. The standard InChI is InChI=1S/C24H35ClN2O3/c1-19(2)15-22(28)27-14-6-11-24(17-27,16-23(29)26-12-4-3-5-13-26)18-30-21-9-7-20(25)8-10-21/h7-10,19H,3-6,11-18H2,1-2H3/t24-/m1/s1. The van der Waals surface area contributed by atoms with Crippen molar-refractivity contribution in [2.24, 2.45) is 11.3 Å². The highest BCUT2D eigenvalue weighted by molar-refractivity contribution is 6.30. The molecule has 0 bridgehead atoms. The molecular formula is C24H35ClN2O3. The molecule has 0 N–H and O–H groups in total. The van der Waals surface area contributed by atoms with Crippen molar-refractivity contribution < 1.29 is 14.3 Å². The molecule has 5 nitrogen and oxygen atoms in total. The molecule has 1 aromatic carbocycles. The zero-order valence-electron chi connectivity index (χ0n) is 18.4. The number of carbonyl (C=O) groups is 2. The van der Waals surface area contributed by atoms with Crippen LogP contribution in [0.15, 0.2) is 24.3 Å². The maximum atomic E-state index is 13.1. The number of piperidine rings is 2. The average Bonchev–Trinajstić information content (AvgIpc) is 2.74. The van der Waals surface area contributed by atoms with Gasteiger partial charge in [-0.1, -0.05) is 25.4 Å². The van der Waals surface area contributed by atoms with Gasteiger partial charge in [0.1, 0.15) is 5.75 Å². The predicted octanol–water partition coefficient (Wildman–Crippen LogP) is 4.78. The lowest BCUT2D eigenvalue weighted by Gasteiger charge is -2.43. The lowest BCUT2D eigenvalue weighted by molar-refractivity contribution is -0.142. The third-order valence-corrected chi connectivity index (χ3v) is 6.44. The van der Waals surface area contributed by atoms with Crippen molar-refractivity contribution in [2.75, 3.05) is 32.8 Å². The van der Waals surface area contributed by atoms with E-state index in [0.717, 1.165) is 51.1 Å². The number of amides is 2. The van der Waals surface area contributed by atoms with E-state index in [1.165, 1.54) is 6.42 Å². The molecule has 2 amide bonds. The van der Waals surface area contributed by atoms with Crippen LogP contribution in [0.3, 0.4) is 0 Å². The molecule has 0 spiro atoms.